The quantitative estimate of drug-likeness (QED) is 0.664. The number of aryl methyl sites for hydroxylation is 1. The molecule has 0 saturated heterocycles. The molecule has 0 unspecified atom stereocenters. The van der Waals surface area contributed by atoms with Crippen molar-refractivity contribution in [3.8, 4) is 0 Å². The Kier molecular flexibility index (Phi) is 6.95. The van der Waals surface area contributed by atoms with Crippen LogP contribution in [0.5, 0.6) is 0 Å². The van der Waals surface area contributed by atoms with Crippen LogP contribution in [0.2, 0.25) is 0 Å². The van der Waals surface area contributed by atoms with E-state index in [-0.39, 0.29) is 23.4 Å². The zero-order chi connectivity index (χ0) is 18.3. The van der Waals surface area contributed by atoms with E-state index in [4.69, 9.17) is 0 Å². The molecular formula is C17H25N3O4S. The van der Waals surface area contributed by atoms with Crippen molar-refractivity contribution in [2.24, 2.45) is 0 Å². The largest absolute Gasteiger partial charge is 0.352 e. The standard InChI is InChI=1S/C17H25N3O4S/c1-13-7-9-15(10-8-13)25(23,24)19-12-16(21)18-11-17(22)20-14-5-3-2-4-6-14/h7-10,14,19H,2-6,11-12H2,1H3,(H,18,21)(H,20,22). The number of benzene rings is 1. The second-order valence-electron chi connectivity index (χ2n) is 6.32. The molecule has 7 nitrogen and oxygen atoms in total. The molecule has 1 aromatic rings. The molecule has 0 aliphatic heterocycles. The number of nitrogens with one attached hydrogen (secondary N) is 3. The Bertz CT molecular complexity index is 695. The minimum atomic E-state index is -3.74. The maximum atomic E-state index is 12.1. The van der Waals surface area contributed by atoms with Crippen LogP contribution in [0.3, 0.4) is 0 Å². The molecule has 8 heteroatoms. The number of rotatable bonds is 7. The van der Waals surface area contributed by atoms with Gasteiger partial charge in [-0.15, -0.1) is 0 Å². The Hall–Kier alpha value is -1.93. The Morgan fingerprint density at radius 2 is 1.64 bits per heavy atom. The van der Waals surface area contributed by atoms with Crippen LogP contribution in [0.1, 0.15) is 37.7 Å². The SMILES string of the molecule is Cc1ccc(S(=O)(=O)NCC(=O)NCC(=O)NC2CCCCC2)cc1. The average molecular weight is 367 g/mol. The monoisotopic (exact) mass is 367 g/mol. The van der Waals surface area contributed by atoms with Gasteiger partial charge in [-0.3, -0.25) is 9.59 Å². The Balaban J connectivity index is 1.72. The van der Waals surface area contributed by atoms with Crippen LogP contribution in [0.15, 0.2) is 29.2 Å². The second-order valence-corrected chi connectivity index (χ2v) is 8.08. The lowest BCUT2D eigenvalue weighted by molar-refractivity contribution is -0.126. The normalized spacial score (nSPS) is 15.6. The van der Waals surface area contributed by atoms with Gasteiger partial charge in [0.25, 0.3) is 0 Å². The summed E-state index contributed by atoms with van der Waals surface area (Å²) in [6, 6.07) is 6.51. The highest BCUT2D eigenvalue weighted by Gasteiger charge is 2.17. The van der Waals surface area contributed by atoms with Crippen LogP contribution in [0.25, 0.3) is 0 Å². The third-order valence-corrected chi connectivity index (χ3v) is 5.59. The Labute approximate surface area is 148 Å². The molecular weight excluding hydrogens is 342 g/mol. The first kappa shape index (κ1) is 19.4. The average Bonchev–Trinajstić information content (AvgIpc) is 2.59. The van der Waals surface area contributed by atoms with Gasteiger partial charge in [-0.2, -0.15) is 0 Å². The maximum absolute atomic E-state index is 12.1. The maximum Gasteiger partial charge on any atom is 0.241 e. The van der Waals surface area contributed by atoms with Gasteiger partial charge in [-0.05, 0) is 31.9 Å². The summed E-state index contributed by atoms with van der Waals surface area (Å²) in [6.45, 7) is 1.30. The van der Waals surface area contributed by atoms with Gasteiger partial charge in [0.2, 0.25) is 21.8 Å². The zero-order valence-corrected chi connectivity index (χ0v) is 15.2. The number of hydrogen-bond acceptors (Lipinski definition) is 4. The lowest BCUT2D eigenvalue weighted by atomic mass is 9.95. The summed E-state index contributed by atoms with van der Waals surface area (Å²) in [6.07, 6.45) is 5.35. The number of amides is 2. The van der Waals surface area contributed by atoms with Gasteiger partial charge >= 0.3 is 0 Å². The van der Waals surface area contributed by atoms with Crippen molar-refractivity contribution < 1.29 is 18.0 Å². The number of sulfonamides is 1. The molecule has 0 radical (unpaired) electrons. The van der Waals surface area contributed by atoms with Gasteiger partial charge in [0.1, 0.15) is 0 Å². The third-order valence-electron chi connectivity index (χ3n) is 4.17. The smallest absolute Gasteiger partial charge is 0.241 e. The highest BCUT2D eigenvalue weighted by molar-refractivity contribution is 7.89. The van der Waals surface area contributed by atoms with Gasteiger partial charge in [0, 0.05) is 6.04 Å². The van der Waals surface area contributed by atoms with E-state index in [0.29, 0.717) is 0 Å². The first-order valence-electron chi connectivity index (χ1n) is 8.49. The van der Waals surface area contributed by atoms with Crippen LogP contribution in [0.4, 0.5) is 0 Å². The summed E-state index contributed by atoms with van der Waals surface area (Å²) in [5.74, 6) is -0.795. The molecule has 0 aromatic heterocycles. The molecule has 1 aliphatic rings. The summed E-state index contributed by atoms with van der Waals surface area (Å²) in [5.41, 5.74) is 0.945. The van der Waals surface area contributed by atoms with Crippen LogP contribution in [-0.2, 0) is 19.6 Å². The molecule has 25 heavy (non-hydrogen) atoms. The molecule has 0 heterocycles. The van der Waals surface area contributed by atoms with E-state index < -0.39 is 22.5 Å². The molecule has 1 saturated carbocycles. The van der Waals surface area contributed by atoms with E-state index in [1.807, 2.05) is 6.92 Å². The minimum Gasteiger partial charge on any atom is -0.352 e. The predicted octanol–water partition coefficient (Wildman–Crippen LogP) is 0.838. The number of carbonyl (C=O) groups is 2. The molecule has 3 N–H and O–H groups in total. The lowest BCUT2D eigenvalue weighted by Crippen LogP contribution is -2.45. The van der Waals surface area contributed by atoms with Crippen molar-refractivity contribution in [1.82, 2.24) is 15.4 Å². The van der Waals surface area contributed by atoms with Crippen LogP contribution in [0, 0.1) is 6.92 Å². The van der Waals surface area contributed by atoms with Crippen molar-refractivity contribution in [2.45, 2.75) is 50.0 Å². The number of hydrogen-bond donors (Lipinski definition) is 3. The molecule has 0 atom stereocenters. The molecule has 0 spiro atoms. The van der Waals surface area contributed by atoms with Gasteiger partial charge in [0.05, 0.1) is 18.0 Å². The van der Waals surface area contributed by atoms with E-state index in [2.05, 4.69) is 15.4 Å². The van der Waals surface area contributed by atoms with Crippen LogP contribution < -0.4 is 15.4 Å². The van der Waals surface area contributed by atoms with E-state index in [9.17, 15) is 18.0 Å². The first-order chi connectivity index (χ1) is 11.9. The Morgan fingerprint density at radius 1 is 1.00 bits per heavy atom. The number of carbonyl (C=O) groups excluding carboxylic acids is 2. The molecule has 2 amide bonds. The molecule has 0 bridgehead atoms. The molecule has 138 valence electrons. The summed E-state index contributed by atoms with van der Waals surface area (Å²) >= 11 is 0. The van der Waals surface area contributed by atoms with Crippen LogP contribution >= 0.6 is 0 Å². The molecule has 1 fully saturated rings. The fourth-order valence-corrected chi connectivity index (χ4v) is 3.71. The van der Waals surface area contributed by atoms with Gasteiger partial charge < -0.3 is 10.6 Å². The van der Waals surface area contributed by atoms with Crippen molar-refractivity contribution in [1.29, 1.82) is 0 Å². The lowest BCUT2D eigenvalue weighted by Gasteiger charge is -2.22. The topological polar surface area (TPSA) is 104 Å². The fourth-order valence-electron chi connectivity index (χ4n) is 2.73. The van der Waals surface area contributed by atoms with Gasteiger partial charge in [-0.1, -0.05) is 37.0 Å². The highest BCUT2D eigenvalue weighted by atomic mass is 32.2. The summed E-state index contributed by atoms with van der Waals surface area (Å²) in [5, 5.41) is 5.31. The van der Waals surface area contributed by atoms with E-state index in [0.717, 1.165) is 31.2 Å². The van der Waals surface area contributed by atoms with E-state index in [1.54, 1.807) is 12.1 Å². The summed E-state index contributed by atoms with van der Waals surface area (Å²) in [7, 11) is -3.74. The highest BCUT2D eigenvalue weighted by Crippen LogP contribution is 2.17. The molecule has 1 aromatic carbocycles. The summed E-state index contributed by atoms with van der Waals surface area (Å²) < 4.78 is 26.4. The van der Waals surface area contributed by atoms with E-state index in [1.165, 1.54) is 18.6 Å². The fraction of sp³-hybridized carbons (Fsp3) is 0.529. The van der Waals surface area contributed by atoms with Crippen molar-refractivity contribution >= 4 is 21.8 Å². The zero-order valence-electron chi connectivity index (χ0n) is 14.4. The van der Waals surface area contributed by atoms with Crippen molar-refractivity contribution in [3.05, 3.63) is 29.8 Å². The Morgan fingerprint density at radius 3 is 2.28 bits per heavy atom. The van der Waals surface area contributed by atoms with Gasteiger partial charge in [0.15, 0.2) is 0 Å². The third kappa shape index (κ3) is 6.47. The van der Waals surface area contributed by atoms with Gasteiger partial charge in [-0.25, -0.2) is 13.1 Å². The minimum absolute atomic E-state index is 0.0981. The molecule has 1 aliphatic carbocycles. The first-order valence-corrected chi connectivity index (χ1v) is 9.97. The van der Waals surface area contributed by atoms with E-state index >= 15 is 0 Å². The molecule has 2 rings (SSSR count). The predicted molar refractivity (Wildman–Crippen MR) is 94.4 cm³/mol. The van der Waals surface area contributed by atoms with Crippen LogP contribution in [-0.4, -0.2) is 39.4 Å². The summed E-state index contributed by atoms with van der Waals surface area (Å²) in [4.78, 5) is 23.7. The van der Waals surface area contributed by atoms with Crippen molar-refractivity contribution in [2.75, 3.05) is 13.1 Å². The second kappa shape index (κ2) is 8.96. The van der Waals surface area contributed by atoms with Crippen molar-refractivity contribution in [3.63, 3.8) is 0 Å².